The molecular formula is C11H11BrF3NO. The molecule has 0 saturated carbocycles. The van der Waals surface area contributed by atoms with Crippen LogP contribution in [0.5, 0.6) is 0 Å². The van der Waals surface area contributed by atoms with Crippen LogP contribution in [0.15, 0.2) is 22.7 Å². The summed E-state index contributed by atoms with van der Waals surface area (Å²) in [5, 5.41) is 2.26. The molecule has 0 spiro atoms. The monoisotopic (exact) mass is 309 g/mol. The summed E-state index contributed by atoms with van der Waals surface area (Å²) in [5.41, 5.74) is -1.08. The van der Waals surface area contributed by atoms with Crippen LogP contribution in [0.25, 0.3) is 0 Å². The van der Waals surface area contributed by atoms with Gasteiger partial charge < -0.3 is 5.32 Å². The Bertz CT molecular complexity index is 429. The lowest BCUT2D eigenvalue weighted by molar-refractivity contribution is -0.137. The highest BCUT2D eigenvalue weighted by Crippen LogP contribution is 2.36. The van der Waals surface area contributed by atoms with Gasteiger partial charge in [-0.2, -0.15) is 13.2 Å². The van der Waals surface area contributed by atoms with Crippen LogP contribution >= 0.6 is 15.9 Å². The number of hydrogen-bond donors (Lipinski definition) is 1. The van der Waals surface area contributed by atoms with E-state index in [9.17, 15) is 18.0 Å². The summed E-state index contributed by atoms with van der Waals surface area (Å²) in [4.78, 5) is 11.4. The van der Waals surface area contributed by atoms with Crippen LogP contribution in [0.2, 0.25) is 0 Å². The fourth-order valence-electron chi connectivity index (χ4n) is 1.14. The van der Waals surface area contributed by atoms with E-state index in [1.54, 1.807) is 13.8 Å². The molecule has 0 unspecified atom stereocenters. The fourth-order valence-corrected chi connectivity index (χ4v) is 1.50. The van der Waals surface area contributed by atoms with E-state index in [1.807, 2.05) is 0 Å². The molecule has 1 N–H and O–H groups in total. The van der Waals surface area contributed by atoms with E-state index >= 15 is 0 Å². The molecule has 0 aliphatic rings. The highest BCUT2D eigenvalue weighted by Gasteiger charge is 2.34. The topological polar surface area (TPSA) is 29.1 Å². The molecule has 1 aromatic rings. The number of carbonyl (C=O) groups excluding carboxylic acids is 1. The number of hydrogen-bond acceptors (Lipinski definition) is 1. The lowest BCUT2D eigenvalue weighted by atomic mass is 10.1. The SMILES string of the molecule is CC(C)C(=O)Nc1ccc(Br)cc1C(F)(F)F. The number of benzene rings is 1. The summed E-state index contributed by atoms with van der Waals surface area (Å²) >= 11 is 2.97. The molecule has 0 fully saturated rings. The van der Waals surface area contributed by atoms with Crippen molar-refractivity contribution in [1.82, 2.24) is 0 Å². The number of alkyl halides is 3. The molecule has 0 atom stereocenters. The van der Waals surface area contributed by atoms with Gasteiger partial charge in [-0.25, -0.2) is 0 Å². The minimum atomic E-state index is -4.50. The number of carbonyl (C=O) groups is 1. The molecule has 0 aliphatic carbocycles. The first kappa shape index (κ1) is 14.0. The Morgan fingerprint density at radius 1 is 1.35 bits per heavy atom. The molecular weight excluding hydrogens is 299 g/mol. The number of amides is 1. The Morgan fingerprint density at radius 2 is 1.94 bits per heavy atom. The molecule has 17 heavy (non-hydrogen) atoms. The van der Waals surface area contributed by atoms with Crippen molar-refractivity contribution in [2.75, 3.05) is 5.32 Å². The summed E-state index contributed by atoms with van der Waals surface area (Å²) in [6.45, 7) is 3.23. The van der Waals surface area contributed by atoms with E-state index in [0.29, 0.717) is 4.47 Å². The lowest BCUT2D eigenvalue weighted by Crippen LogP contribution is -2.20. The molecule has 0 aromatic heterocycles. The van der Waals surface area contributed by atoms with Crippen LogP contribution in [0.1, 0.15) is 19.4 Å². The molecule has 2 nitrogen and oxygen atoms in total. The molecule has 0 radical (unpaired) electrons. The first-order valence-corrected chi connectivity index (χ1v) is 5.68. The zero-order valence-corrected chi connectivity index (χ0v) is 10.8. The van der Waals surface area contributed by atoms with Crippen LogP contribution in [-0.2, 0) is 11.0 Å². The van der Waals surface area contributed by atoms with Gasteiger partial charge in [0.1, 0.15) is 0 Å². The molecule has 1 aromatic carbocycles. The van der Waals surface area contributed by atoms with Crippen LogP contribution in [-0.4, -0.2) is 5.91 Å². The molecule has 1 rings (SSSR count). The predicted octanol–water partition coefficient (Wildman–Crippen LogP) is 4.06. The highest BCUT2D eigenvalue weighted by atomic mass is 79.9. The summed E-state index contributed by atoms with van der Waals surface area (Å²) in [5.74, 6) is -0.822. The van der Waals surface area contributed by atoms with Crippen LogP contribution in [0.4, 0.5) is 18.9 Å². The van der Waals surface area contributed by atoms with Crippen LogP contribution in [0.3, 0.4) is 0 Å². The van der Waals surface area contributed by atoms with Crippen LogP contribution in [0, 0.1) is 5.92 Å². The van der Waals surface area contributed by atoms with Crippen molar-refractivity contribution < 1.29 is 18.0 Å². The van der Waals surface area contributed by atoms with E-state index in [0.717, 1.165) is 6.07 Å². The zero-order chi connectivity index (χ0) is 13.2. The van der Waals surface area contributed by atoms with Gasteiger partial charge in [-0.05, 0) is 18.2 Å². The summed E-state index contributed by atoms with van der Waals surface area (Å²) in [6, 6.07) is 3.62. The van der Waals surface area contributed by atoms with Gasteiger partial charge in [0.25, 0.3) is 0 Å². The molecule has 0 bridgehead atoms. The summed E-state index contributed by atoms with van der Waals surface area (Å²) in [6.07, 6.45) is -4.50. The third kappa shape index (κ3) is 3.73. The smallest absolute Gasteiger partial charge is 0.325 e. The molecule has 0 heterocycles. The number of nitrogens with one attached hydrogen (secondary N) is 1. The molecule has 0 saturated heterocycles. The standard InChI is InChI=1S/C11H11BrF3NO/c1-6(2)10(17)16-9-4-3-7(12)5-8(9)11(13,14)15/h3-6H,1-2H3,(H,16,17). The van der Waals surface area contributed by atoms with Gasteiger partial charge in [0.05, 0.1) is 11.3 Å². The second-order valence-electron chi connectivity index (χ2n) is 3.83. The van der Waals surface area contributed by atoms with Crippen molar-refractivity contribution in [1.29, 1.82) is 0 Å². The minimum Gasteiger partial charge on any atom is -0.325 e. The van der Waals surface area contributed by atoms with Crippen molar-refractivity contribution >= 4 is 27.5 Å². The maximum atomic E-state index is 12.7. The number of rotatable bonds is 2. The maximum Gasteiger partial charge on any atom is 0.418 e. The van der Waals surface area contributed by atoms with E-state index in [1.165, 1.54) is 12.1 Å². The summed E-state index contributed by atoms with van der Waals surface area (Å²) in [7, 11) is 0. The van der Waals surface area contributed by atoms with Gasteiger partial charge in [-0.15, -0.1) is 0 Å². The van der Waals surface area contributed by atoms with Gasteiger partial charge in [-0.1, -0.05) is 29.8 Å². The third-order valence-corrected chi connectivity index (χ3v) is 2.56. The Kier molecular flexibility index (Phi) is 4.19. The minimum absolute atomic E-state index is 0.223. The van der Waals surface area contributed by atoms with E-state index in [-0.39, 0.29) is 11.6 Å². The Labute approximate surface area is 105 Å². The molecule has 94 valence electrons. The van der Waals surface area contributed by atoms with Gasteiger partial charge in [0, 0.05) is 10.4 Å². The molecule has 0 aliphatic heterocycles. The lowest BCUT2D eigenvalue weighted by Gasteiger charge is -2.15. The van der Waals surface area contributed by atoms with Crippen molar-refractivity contribution in [2.45, 2.75) is 20.0 Å². The highest BCUT2D eigenvalue weighted by molar-refractivity contribution is 9.10. The van der Waals surface area contributed by atoms with Gasteiger partial charge in [-0.3, -0.25) is 4.79 Å². The first-order chi connectivity index (χ1) is 7.71. The first-order valence-electron chi connectivity index (χ1n) is 4.89. The second-order valence-corrected chi connectivity index (χ2v) is 4.75. The average Bonchev–Trinajstić information content (AvgIpc) is 2.18. The quantitative estimate of drug-likeness (QED) is 0.877. The summed E-state index contributed by atoms with van der Waals surface area (Å²) < 4.78 is 38.4. The Hall–Kier alpha value is -1.04. The van der Waals surface area contributed by atoms with Gasteiger partial charge in [0.15, 0.2) is 0 Å². The Morgan fingerprint density at radius 3 is 2.41 bits per heavy atom. The van der Waals surface area contributed by atoms with Gasteiger partial charge >= 0.3 is 6.18 Å². The fraction of sp³-hybridized carbons (Fsp3) is 0.364. The van der Waals surface area contributed by atoms with E-state index < -0.39 is 17.6 Å². The largest absolute Gasteiger partial charge is 0.418 e. The number of halogens is 4. The Balaban J connectivity index is 3.12. The zero-order valence-electron chi connectivity index (χ0n) is 9.23. The second kappa shape index (κ2) is 5.08. The van der Waals surface area contributed by atoms with Crippen molar-refractivity contribution in [2.24, 2.45) is 5.92 Å². The van der Waals surface area contributed by atoms with Crippen molar-refractivity contribution in [3.63, 3.8) is 0 Å². The van der Waals surface area contributed by atoms with Crippen molar-refractivity contribution in [3.05, 3.63) is 28.2 Å². The third-order valence-electron chi connectivity index (χ3n) is 2.07. The van der Waals surface area contributed by atoms with Crippen LogP contribution < -0.4 is 5.32 Å². The predicted molar refractivity (Wildman–Crippen MR) is 62.6 cm³/mol. The van der Waals surface area contributed by atoms with Crippen molar-refractivity contribution in [3.8, 4) is 0 Å². The van der Waals surface area contributed by atoms with E-state index in [4.69, 9.17) is 0 Å². The molecule has 1 amide bonds. The normalized spacial score (nSPS) is 11.7. The van der Waals surface area contributed by atoms with E-state index in [2.05, 4.69) is 21.2 Å². The average molecular weight is 310 g/mol. The van der Waals surface area contributed by atoms with Gasteiger partial charge in [0.2, 0.25) is 5.91 Å². The maximum absolute atomic E-state index is 12.7. The number of anilines is 1. The molecule has 6 heteroatoms.